The molecule has 0 spiro atoms. The van der Waals surface area contributed by atoms with Crippen LogP contribution in [0.4, 0.5) is 5.69 Å². The number of anilines is 1. The Bertz CT molecular complexity index is 530. The first-order valence-electron chi connectivity index (χ1n) is 7.12. The number of imidazole rings is 1. The lowest BCUT2D eigenvalue weighted by molar-refractivity contribution is 0.598. The number of rotatable bonds is 6. The van der Waals surface area contributed by atoms with Gasteiger partial charge in [-0.1, -0.05) is 19.1 Å². The molecule has 108 valence electrons. The molecule has 0 aliphatic rings. The van der Waals surface area contributed by atoms with Crippen molar-refractivity contribution in [3.05, 3.63) is 48.0 Å². The predicted octanol–water partition coefficient (Wildman–Crippen LogP) is 2.73. The lowest BCUT2D eigenvalue weighted by Crippen LogP contribution is -2.20. The highest BCUT2D eigenvalue weighted by molar-refractivity contribution is 5.47. The fraction of sp³-hybridized carbons (Fsp3) is 0.438. The molecule has 1 atom stereocenters. The quantitative estimate of drug-likeness (QED) is 0.877. The highest BCUT2D eigenvalue weighted by Crippen LogP contribution is 2.19. The molecule has 0 radical (unpaired) electrons. The number of aromatic nitrogens is 2. The van der Waals surface area contributed by atoms with Crippen LogP contribution in [0.5, 0.6) is 0 Å². The van der Waals surface area contributed by atoms with Crippen LogP contribution in [-0.4, -0.2) is 23.1 Å². The van der Waals surface area contributed by atoms with Crippen molar-refractivity contribution in [3.8, 4) is 0 Å². The first-order chi connectivity index (χ1) is 9.61. The van der Waals surface area contributed by atoms with Gasteiger partial charge in [0.05, 0.1) is 6.54 Å². The summed E-state index contributed by atoms with van der Waals surface area (Å²) in [5.41, 5.74) is 2.53. The van der Waals surface area contributed by atoms with Crippen LogP contribution in [0, 0.1) is 0 Å². The molecule has 0 saturated heterocycles. The van der Waals surface area contributed by atoms with Crippen LogP contribution in [0.1, 0.15) is 31.3 Å². The zero-order valence-corrected chi connectivity index (χ0v) is 12.8. The minimum Gasteiger partial charge on any atom is -0.367 e. The van der Waals surface area contributed by atoms with Gasteiger partial charge in [-0.15, -0.1) is 0 Å². The first kappa shape index (κ1) is 14.6. The molecule has 1 aromatic carbocycles. The van der Waals surface area contributed by atoms with E-state index in [1.807, 2.05) is 19.4 Å². The topological polar surface area (TPSA) is 33.1 Å². The second-order valence-corrected chi connectivity index (χ2v) is 5.18. The summed E-state index contributed by atoms with van der Waals surface area (Å²) in [6.07, 6.45) is 3.81. The van der Waals surface area contributed by atoms with Crippen molar-refractivity contribution in [3.63, 3.8) is 0 Å². The highest BCUT2D eigenvalue weighted by Gasteiger charge is 2.07. The van der Waals surface area contributed by atoms with E-state index in [1.165, 1.54) is 11.3 Å². The molecule has 2 rings (SSSR count). The van der Waals surface area contributed by atoms with Gasteiger partial charge in [0.15, 0.2) is 0 Å². The Morgan fingerprint density at radius 3 is 2.55 bits per heavy atom. The van der Waals surface area contributed by atoms with Crippen LogP contribution in [0.25, 0.3) is 0 Å². The minimum atomic E-state index is 0.397. The summed E-state index contributed by atoms with van der Waals surface area (Å²) in [5.74, 6) is 1.07. The smallest absolute Gasteiger partial charge is 0.127 e. The van der Waals surface area contributed by atoms with Gasteiger partial charge >= 0.3 is 0 Å². The van der Waals surface area contributed by atoms with E-state index in [-0.39, 0.29) is 0 Å². The summed E-state index contributed by atoms with van der Waals surface area (Å²) in [6.45, 7) is 6.12. The second kappa shape index (κ2) is 6.57. The average Bonchev–Trinajstić information content (AvgIpc) is 2.85. The Morgan fingerprint density at radius 1 is 1.30 bits per heavy atom. The van der Waals surface area contributed by atoms with Crippen LogP contribution < -0.4 is 10.2 Å². The zero-order chi connectivity index (χ0) is 14.5. The standard InChI is InChI=1S/C16H24N4/c1-5-17-13(2)14-6-8-15(9-7-14)20(4)12-16-18-10-11-19(16)3/h6-11,13,17H,5,12H2,1-4H3. The summed E-state index contributed by atoms with van der Waals surface area (Å²) in [5, 5.41) is 3.43. The van der Waals surface area contributed by atoms with Crippen molar-refractivity contribution >= 4 is 5.69 Å². The van der Waals surface area contributed by atoms with E-state index in [4.69, 9.17) is 0 Å². The van der Waals surface area contributed by atoms with Crippen molar-refractivity contribution in [2.75, 3.05) is 18.5 Å². The number of nitrogens with zero attached hydrogens (tertiary/aromatic N) is 3. The summed E-state index contributed by atoms with van der Waals surface area (Å²) < 4.78 is 2.05. The molecule has 1 unspecified atom stereocenters. The monoisotopic (exact) mass is 272 g/mol. The molecule has 0 saturated carbocycles. The Balaban J connectivity index is 2.04. The van der Waals surface area contributed by atoms with Crippen molar-refractivity contribution in [1.82, 2.24) is 14.9 Å². The largest absolute Gasteiger partial charge is 0.367 e. The third-order valence-corrected chi connectivity index (χ3v) is 3.64. The van der Waals surface area contributed by atoms with Gasteiger partial charge in [-0.3, -0.25) is 0 Å². The maximum absolute atomic E-state index is 4.36. The molecule has 0 aliphatic carbocycles. The van der Waals surface area contributed by atoms with Gasteiger partial charge in [0.2, 0.25) is 0 Å². The van der Waals surface area contributed by atoms with E-state index >= 15 is 0 Å². The molecule has 4 heteroatoms. The lowest BCUT2D eigenvalue weighted by atomic mass is 10.1. The number of nitrogens with one attached hydrogen (secondary N) is 1. The average molecular weight is 272 g/mol. The van der Waals surface area contributed by atoms with E-state index in [1.54, 1.807) is 0 Å². The molecular formula is C16H24N4. The van der Waals surface area contributed by atoms with E-state index < -0.39 is 0 Å². The Kier molecular flexibility index (Phi) is 4.79. The van der Waals surface area contributed by atoms with Crippen molar-refractivity contribution in [1.29, 1.82) is 0 Å². The molecule has 20 heavy (non-hydrogen) atoms. The van der Waals surface area contributed by atoms with Crippen LogP contribution >= 0.6 is 0 Å². The van der Waals surface area contributed by atoms with Crippen LogP contribution in [0.15, 0.2) is 36.7 Å². The lowest BCUT2D eigenvalue weighted by Gasteiger charge is -2.20. The van der Waals surface area contributed by atoms with Gasteiger partial charge in [-0.05, 0) is 31.2 Å². The van der Waals surface area contributed by atoms with Crippen molar-refractivity contribution in [2.45, 2.75) is 26.4 Å². The van der Waals surface area contributed by atoms with Crippen molar-refractivity contribution < 1.29 is 0 Å². The third kappa shape index (κ3) is 3.39. The van der Waals surface area contributed by atoms with Gasteiger partial charge < -0.3 is 14.8 Å². The Morgan fingerprint density at radius 2 is 2.00 bits per heavy atom. The summed E-state index contributed by atoms with van der Waals surface area (Å²) in [6, 6.07) is 9.13. The van der Waals surface area contributed by atoms with Crippen molar-refractivity contribution in [2.24, 2.45) is 7.05 Å². The first-order valence-corrected chi connectivity index (χ1v) is 7.12. The minimum absolute atomic E-state index is 0.397. The second-order valence-electron chi connectivity index (χ2n) is 5.18. The summed E-state index contributed by atoms with van der Waals surface area (Å²) in [7, 11) is 4.12. The molecule has 0 aliphatic heterocycles. The SMILES string of the molecule is CCNC(C)c1ccc(N(C)Cc2nccn2C)cc1. The fourth-order valence-corrected chi connectivity index (χ4v) is 2.29. The summed E-state index contributed by atoms with van der Waals surface area (Å²) in [4.78, 5) is 6.58. The zero-order valence-electron chi connectivity index (χ0n) is 12.8. The maximum atomic E-state index is 4.36. The number of benzene rings is 1. The van der Waals surface area contributed by atoms with Gasteiger partial charge in [0.25, 0.3) is 0 Å². The predicted molar refractivity (Wildman–Crippen MR) is 83.8 cm³/mol. The molecule has 1 heterocycles. The maximum Gasteiger partial charge on any atom is 0.127 e. The molecule has 0 bridgehead atoms. The molecule has 0 amide bonds. The molecule has 1 N–H and O–H groups in total. The van der Waals surface area contributed by atoms with Gasteiger partial charge in [0, 0.05) is 38.2 Å². The van der Waals surface area contributed by atoms with Gasteiger partial charge in [-0.25, -0.2) is 4.98 Å². The van der Waals surface area contributed by atoms with Crippen LogP contribution in [0.2, 0.25) is 0 Å². The summed E-state index contributed by atoms with van der Waals surface area (Å²) >= 11 is 0. The molecule has 4 nitrogen and oxygen atoms in total. The Hall–Kier alpha value is -1.81. The Labute approximate surface area is 121 Å². The molecular weight excluding hydrogens is 248 g/mol. The molecule has 1 aromatic heterocycles. The van der Waals surface area contributed by atoms with E-state index in [0.717, 1.165) is 18.9 Å². The van der Waals surface area contributed by atoms with E-state index in [2.05, 4.69) is 64.9 Å². The fourth-order valence-electron chi connectivity index (χ4n) is 2.29. The highest BCUT2D eigenvalue weighted by atomic mass is 15.2. The molecule has 0 fully saturated rings. The van der Waals surface area contributed by atoms with E-state index in [0.29, 0.717) is 6.04 Å². The number of aryl methyl sites for hydroxylation is 1. The van der Waals surface area contributed by atoms with Crippen LogP contribution in [-0.2, 0) is 13.6 Å². The third-order valence-electron chi connectivity index (χ3n) is 3.64. The van der Waals surface area contributed by atoms with E-state index in [9.17, 15) is 0 Å². The van der Waals surface area contributed by atoms with Crippen LogP contribution in [0.3, 0.4) is 0 Å². The van der Waals surface area contributed by atoms with Gasteiger partial charge in [0.1, 0.15) is 5.82 Å². The number of hydrogen-bond donors (Lipinski definition) is 1. The molecule has 2 aromatic rings. The normalized spacial score (nSPS) is 12.4. The number of hydrogen-bond acceptors (Lipinski definition) is 3. The van der Waals surface area contributed by atoms with Gasteiger partial charge in [-0.2, -0.15) is 0 Å².